The number of carbonyl (C=O) groups excluding carboxylic acids is 1. The predicted octanol–water partition coefficient (Wildman–Crippen LogP) is 2.75. The van der Waals surface area contributed by atoms with Gasteiger partial charge in [0.15, 0.2) is 0 Å². The summed E-state index contributed by atoms with van der Waals surface area (Å²) in [5, 5.41) is 2.74. The minimum Gasteiger partial charge on any atom is -0.490 e. The van der Waals surface area contributed by atoms with Crippen LogP contribution in [-0.4, -0.2) is 52.0 Å². The Morgan fingerprint density at radius 3 is 2.71 bits per heavy atom. The molecular formula is C20H24N2O5S. The first-order valence-electron chi connectivity index (χ1n) is 9.05. The average Bonchev–Trinajstić information content (AvgIpc) is 3.20. The van der Waals surface area contributed by atoms with Gasteiger partial charge in [-0.25, -0.2) is 12.7 Å². The Morgan fingerprint density at radius 2 is 2.00 bits per heavy atom. The maximum atomic E-state index is 12.7. The molecule has 2 aromatic carbocycles. The van der Waals surface area contributed by atoms with Gasteiger partial charge in [-0.1, -0.05) is 18.2 Å². The highest BCUT2D eigenvalue weighted by Crippen LogP contribution is 2.23. The minimum absolute atomic E-state index is 0.0454. The van der Waals surface area contributed by atoms with Crippen LogP contribution in [0.4, 0.5) is 5.69 Å². The average molecular weight is 404 g/mol. The number of nitrogens with zero attached hydrogens (tertiary/aromatic N) is 1. The van der Waals surface area contributed by atoms with Crippen molar-refractivity contribution in [2.75, 3.05) is 32.6 Å². The fourth-order valence-electron chi connectivity index (χ4n) is 2.88. The highest BCUT2D eigenvalue weighted by Gasteiger charge is 2.20. The third kappa shape index (κ3) is 4.70. The van der Waals surface area contributed by atoms with Gasteiger partial charge in [-0.3, -0.25) is 4.79 Å². The van der Waals surface area contributed by atoms with Crippen molar-refractivity contribution in [1.82, 2.24) is 4.31 Å². The summed E-state index contributed by atoms with van der Waals surface area (Å²) in [6, 6.07) is 13.1. The van der Waals surface area contributed by atoms with E-state index in [4.69, 9.17) is 9.47 Å². The SMILES string of the molecule is CN(C)S(=O)(=O)c1cccc(NC(=O)c2ccccc2OCC2CCCO2)c1. The molecule has 1 amide bonds. The lowest BCUT2D eigenvalue weighted by molar-refractivity contribution is 0.0673. The zero-order valence-electron chi connectivity index (χ0n) is 15.9. The molecule has 8 heteroatoms. The molecule has 0 aliphatic carbocycles. The van der Waals surface area contributed by atoms with Crippen LogP contribution in [0, 0.1) is 0 Å². The van der Waals surface area contributed by atoms with Gasteiger partial charge in [0, 0.05) is 26.4 Å². The largest absolute Gasteiger partial charge is 0.490 e. The zero-order valence-corrected chi connectivity index (χ0v) is 16.7. The number of amides is 1. The zero-order chi connectivity index (χ0) is 20.1. The highest BCUT2D eigenvalue weighted by molar-refractivity contribution is 7.89. The third-order valence-corrected chi connectivity index (χ3v) is 6.26. The molecule has 1 fully saturated rings. The Morgan fingerprint density at radius 1 is 1.21 bits per heavy atom. The van der Waals surface area contributed by atoms with E-state index >= 15 is 0 Å². The van der Waals surface area contributed by atoms with Crippen LogP contribution in [0.5, 0.6) is 5.75 Å². The Kier molecular flexibility index (Phi) is 6.33. The number of hydrogen-bond donors (Lipinski definition) is 1. The van der Waals surface area contributed by atoms with Gasteiger partial charge < -0.3 is 14.8 Å². The molecule has 1 atom stereocenters. The van der Waals surface area contributed by atoms with Crippen molar-refractivity contribution in [1.29, 1.82) is 0 Å². The van der Waals surface area contributed by atoms with E-state index in [2.05, 4.69) is 5.32 Å². The van der Waals surface area contributed by atoms with Gasteiger partial charge in [0.2, 0.25) is 10.0 Å². The van der Waals surface area contributed by atoms with Crippen molar-refractivity contribution >= 4 is 21.6 Å². The van der Waals surface area contributed by atoms with E-state index in [1.807, 2.05) is 0 Å². The molecule has 1 N–H and O–H groups in total. The van der Waals surface area contributed by atoms with Crippen LogP contribution < -0.4 is 10.1 Å². The third-order valence-electron chi connectivity index (χ3n) is 4.45. The van der Waals surface area contributed by atoms with Gasteiger partial charge >= 0.3 is 0 Å². The molecule has 2 aromatic rings. The lowest BCUT2D eigenvalue weighted by atomic mass is 10.1. The molecule has 1 aliphatic heterocycles. The highest BCUT2D eigenvalue weighted by atomic mass is 32.2. The molecule has 1 heterocycles. The summed E-state index contributed by atoms with van der Waals surface area (Å²) in [4.78, 5) is 12.9. The van der Waals surface area contributed by atoms with Crippen molar-refractivity contribution < 1.29 is 22.7 Å². The van der Waals surface area contributed by atoms with E-state index in [9.17, 15) is 13.2 Å². The van der Waals surface area contributed by atoms with E-state index in [0.717, 1.165) is 23.8 Å². The molecule has 28 heavy (non-hydrogen) atoms. The van der Waals surface area contributed by atoms with Gasteiger partial charge in [-0.05, 0) is 43.2 Å². The van der Waals surface area contributed by atoms with Crippen molar-refractivity contribution in [2.24, 2.45) is 0 Å². The second-order valence-corrected chi connectivity index (χ2v) is 8.86. The molecule has 3 rings (SSSR count). The van der Waals surface area contributed by atoms with Crippen LogP contribution in [-0.2, 0) is 14.8 Å². The Bertz CT molecular complexity index is 937. The molecule has 1 aliphatic rings. The summed E-state index contributed by atoms with van der Waals surface area (Å²) in [6.45, 7) is 1.13. The summed E-state index contributed by atoms with van der Waals surface area (Å²) in [6.07, 6.45) is 2.01. The summed E-state index contributed by atoms with van der Waals surface area (Å²) in [5.74, 6) is 0.0925. The topological polar surface area (TPSA) is 84.9 Å². The Balaban J connectivity index is 1.75. The quantitative estimate of drug-likeness (QED) is 0.767. The molecule has 0 radical (unpaired) electrons. The molecule has 7 nitrogen and oxygen atoms in total. The normalized spacial score (nSPS) is 16.9. The minimum atomic E-state index is -3.58. The van der Waals surface area contributed by atoms with Crippen LogP contribution in [0.2, 0.25) is 0 Å². The number of ether oxygens (including phenoxy) is 2. The summed E-state index contributed by atoms with van der Waals surface area (Å²) < 4.78 is 37.0. The molecule has 150 valence electrons. The Hall–Kier alpha value is -2.42. The smallest absolute Gasteiger partial charge is 0.259 e. The summed E-state index contributed by atoms with van der Waals surface area (Å²) >= 11 is 0. The van der Waals surface area contributed by atoms with E-state index < -0.39 is 10.0 Å². The van der Waals surface area contributed by atoms with Crippen LogP contribution in [0.15, 0.2) is 53.4 Å². The fraction of sp³-hybridized carbons (Fsp3) is 0.350. The maximum absolute atomic E-state index is 12.7. The van der Waals surface area contributed by atoms with E-state index in [1.165, 1.54) is 26.2 Å². The Labute approximate surface area is 165 Å². The van der Waals surface area contributed by atoms with Crippen LogP contribution in [0.25, 0.3) is 0 Å². The van der Waals surface area contributed by atoms with E-state index in [-0.39, 0.29) is 16.9 Å². The van der Waals surface area contributed by atoms with Gasteiger partial charge in [-0.2, -0.15) is 0 Å². The lowest BCUT2D eigenvalue weighted by Gasteiger charge is -2.15. The monoisotopic (exact) mass is 404 g/mol. The number of anilines is 1. The van der Waals surface area contributed by atoms with Gasteiger partial charge in [0.05, 0.1) is 16.6 Å². The van der Waals surface area contributed by atoms with Crippen molar-refractivity contribution in [3.63, 3.8) is 0 Å². The molecular weight excluding hydrogens is 380 g/mol. The van der Waals surface area contributed by atoms with Gasteiger partial charge in [0.25, 0.3) is 5.91 Å². The number of sulfonamides is 1. The van der Waals surface area contributed by atoms with Gasteiger partial charge in [0.1, 0.15) is 12.4 Å². The van der Waals surface area contributed by atoms with Crippen molar-refractivity contribution in [3.8, 4) is 5.75 Å². The number of hydrogen-bond acceptors (Lipinski definition) is 5. The number of rotatable bonds is 7. The number of para-hydroxylation sites is 1. The first kappa shape index (κ1) is 20.3. The number of nitrogens with one attached hydrogen (secondary N) is 1. The fourth-order valence-corrected chi connectivity index (χ4v) is 3.83. The van der Waals surface area contributed by atoms with E-state index in [0.29, 0.717) is 23.6 Å². The predicted molar refractivity (Wildman–Crippen MR) is 106 cm³/mol. The summed E-state index contributed by atoms with van der Waals surface area (Å²) in [5.41, 5.74) is 0.767. The molecule has 1 saturated heterocycles. The van der Waals surface area contributed by atoms with Crippen LogP contribution in [0.1, 0.15) is 23.2 Å². The molecule has 0 bridgehead atoms. The number of carbonyl (C=O) groups is 1. The second kappa shape index (κ2) is 8.72. The van der Waals surface area contributed by atoms with Crippen molar-refractivity contribution in [3.05, 3.63) is 54.1 Å². The van der Waals surface area contributed by atoms with E-state index in [1.54, 1.807) is 36.4 Å². The molecule has 0 saturated carbocycles. The van der Waals surface area contributed by atoms with Gasteiger partial charge in [-0.15, -0.1) is 0 Å². The standard InChI is InChI=1S/C20H24N2O5S/c1-22(2)28(24,25)17-9-5-7-15(13-17)21-20(23)18-10-3-4-11-19(18)27-14-16-8-6-12-26-16/h3-5,7,9-11,13,16H,6,8,12,14H2,1-2H3,(H,21,23). The molecule has 0 spiro atoms. The second-order valence-electron chi connectivity index (χ2n) is 6.71. The number of benzene rings is 2. The first-order valence-corrected chi connectivity index (χ1v) is 10.5. The molecule has 0 aromatic heterocycles. The molecule has 1 unspecified atom stereocenters. The summed E-state index contributed by atoms with van der Waals surface area (Å²) in [7, 11) is -0.662. The first-order chi connectivity index (χ1) is 13.4. The maximum Gasteiger partial charge on any atom is 0.259 e. The van der Waals surface area contributed by atoms with Crippen LogP contribution in [0.3, 0.4) is 0 Å². The lowest BCUT2D eigenvalue weighted by Crippen LogP contribution is -2.22. The van der Waals surface area contributed by atoms with Crippen molar-refractivity contribution in [2.45, 2.75) is 23.8 Å². The van der Waals surface area contributed by atoms with Crippen LogP contribution >= 0.6 is 0 Å².